The first-order chi connectivity index (χ1) is 20.8. The molecule has 2 heterocycles. The Kier molecular flexibility index (Phi) is 26.0. The Labute approximate surface area is 278 Å². The second kappa shape index (κ2) is 27.2. The van der Waals surface area contributed by atoms with Gasteiger partial charge in [-0.15, -0.1) is 0 Å². The lowest BCUT2D eigenvalue weighted by Gasteiger charge is -2.35. The van der Waals surface area contributed by atoms with E-state index in [0.29, 0.717) is 45.6 Å². The predicted octanol–water partition coefficient (Wildman–Crippen LogP) is 6.92. The highest BCUT2D eigenvalue weighted by Crippen LogP contribution is 2.45. The zero-order valence-electron chi connectivity index (χ0n) is 26.6. The highest BCUT2D eigenvalue weighted by atomic mass is 33.1. The molecular formula is C29H55N4O5PS4. The van der Waals surface area contributed by atoms with Crippen LogP contribution in [0.4, 0.5) is 0 Å². The van der Waals surface area contributed by atoms with Gasteiger partial charge in [0.1, 0.15) is 0 Å². The second-order valence-corrected chi connectivity index (χ2v) is 18.0. The number of rotatable bonds is 22. The quantitative estimate of drug-likeness (QED) is 0.0620. The van der Waals surface area contributed by atoms with Gasteiger partial charge in [-0.2, -0.15) is 5.26 Å². The van der Waals surface area contributed by atoms with Crippen molar-refractivity contribution in [3.8, 4) is 6.07 Å². The fourth-order valence-electron chi connectivity index (χ4n) is 4.44. The van der Waals surface area contributed by atoms with Crippen LogP contribution in [-0.4, -0.2) is 88.6 Å². The first-order valence-corrected chi connectivity index (χ1v) is 21.6. The molecular weight excluding hydrogens is 644 g/mol. The summed E-state index contributed by atoms with van der Waals surface area (Å²) in [5.41, 5.74) is 0. The van der Waals surface area contributed by atoms with Crippen LogP contribution in [-0.2, 0) is 18.6 Å². The Hall–Kier alpha value is 0.1000. The summed E-state index contributed by atoms with van der Waals surface area (Å²) in [6.45, 7) is 10.1. The molecule has 0 aromatic rings. The predicted molar refractivity (Wildman–Crippen MR) is 188 cm³/mol. The molecule has 3 atom stereocenters. The van der Waals surface area contributed by atoms with E-state index in [4.69, 9.17) is 19.4 Å². The smallest absolute Gasteiger partial charge is 0.259 e. The van der Waals surface area contributed by atoms with Crippen LogP contribution in [0.1, 0.15) is 98.3 Å². The van der Waals surface area contributed by atoms with Crippen molar-refractivity contribution in [2.45, 2.75) is 121 Å². The van der Waals surface area contributed by atoms with Gasteiger partial charge in [0.25, 0.3) is 8.53 Å². The number of hydrogen-bond donors (Lipinski definition) is 3. The third-order valence-corrected chi connectivity index (χ3v) is 14.7. The van der Waals surface area contributed by atoms with Crippen molar-refractivity contribution >= 4 is 63.5 Å². The highest BCUT2D eigenvalue weighted by molar-refractivity contribution is 8.77. The van der Waals surface area contributed by atoms with E-state index in [9.17, 15) is 9.59 Å². The summed E-state index contributed by atoms with van der Waals surface area (Å²) < 4.78 is 14.0. The SMILES string of the molecule is CC(C)N(C(C)C)P(OCCC#N)OCCNC(=O)CCCCC1CCSS1.O=C(CCCCC1CCSS1)NCCO. The second-order valence-electron chi connectivity index (χ2n) is 11.0. The van der Waals surface area contributed by atoms with Gasteiger partial charge >= 0.3 is 0 Å². The maximum Gasteiger partial charge on any atom is 0.259 e. The van der Waals surface area contributed by atoms with Gasteiger partial charge in [0, 0.05) is 60.0 Å². The fourth-order valence-corrected chi connectivity index (χ4v) is 12.1. The number of nitrogens with zero attached hydrogens (tertiary/aromatic N) is 2. The average molecular weight is 699 g/mol. The lowest BCUT2D eigenvalue weighted by molar-refractivity contribution is -0.122. The Balaban J connectivity index is 0.000000517. The number of carbonyl (C=O) groups is 2. The van der Waals surface area contributed by atoms with E-state index in [1.165, 1.54) is 37.2 Å². The molecule has 2 aliphatic rings. The van der Waals surface area contributed by atoms with Gasteiger partial charge in [0.05, 0.1) is 32.3 Å². The molecule has 0 aromatic heterocycles. The van der Waals surface area contributed by atoms with E-state index in [1.54, 1.807) is 0 Å². The van der Waals surface area contributed by atoms with Crippen LogP contribution in [0.3, 0.4) is 0 Å². The van der Waals surface area contributed by atoms with Gasteiger partial charge in [0.2, 0.25) is 11.8 Å². The van der Waals surface area contributed by atoms with Crippen molar-refractivity contribution in [1.82, 2.24) is 15.3 Å². The summed E-state index contributed by atoms with van der Waals surface area (Å²) in [5, 5.41) is 24.4. The van der Waals surface area contributed by atoms with Crippen molar-refractivity contribution < 1.29 is 23.7 Å². The Morgan fingerprint density at radius 3 is 1.84 bits per heavy atom. The molecule has 43 heavy (non-hydrogen) atoms. The molecule has 0 radical (unpaired) electrons. The summed E-state index contributed by atoms with van der Waals surface area (Å²) in [4.78, 5) is 23.2. The zero-order chi connectivity index (χ0) is 31.7. The average Bonchev–Trinajstić information content (AvgIpc) is 3.69. The molecule has 0 spiro atoms. The maximum absolute atomic E-state index is 12.0. The Morgan fingerprint density at radius 2 is 1.40 bits per heavy atom. The van der Waals surface area contributed by atoms with E-state index in [0.717, 1.165) is 36.2 Å². The molecule has 3 N–H and O–H groups in total. The number of aliphatic hydroxyl groups excluding tert-OH is 1. The molecule has 250 valence electrons. The monoisotopic (exact) mass is 698 g/mol. The minimum Gasteiger partial charge on any atom is -0.395 e. The summed E-state index contributed by atoms with van der Waals surface area (Å²) in [7, 11) is 6.70. The number of aliphatic hydroxyl groups is 1. The molecule has 0 aliphatic carbocycles. The van der Waals surface area contributed by atoms with Crippen molar-refractivity contribution in [3.05, 3.63) is 0 Å². The molecule has 2 saturated heterocycles. The lowest BCUT2D eigenvalue weighted by Crippen LogP contribution is -2.34. The molecule has 2 aliphatic heterocycles. The van der Waals surface area contributed by atoms with Gasteiger partial charge in [-0.25, -0.2) is 4.67 Å². The van der Waals surface area contributed by atoms with E-state index in [-0.39, 0.29) is 30.5 Å². The number of carbonyl (C=O) groups excluding carboxylic acids is 2. The number of amides is 2. The number of unbranched alkanes of at least 4 members (excludes halogenated alkanes) is 2. The largest absolute Gasteiger partial charge is 0.395 e. The van der Waals surface area contributed by atoms with Crippen LogP contribution in [0, 0.1) is 11.3 Å². The minimum atomic E-state index is -1.24. The summed E-state index contributed by atoms with van der Waals surface area (Å²) in [5.74, 6) is 2.71. The van der Waals surface area contributed by atoms with Crippen molar-refractivity contribution in [1.29, 1.82) is 5.26 Å². The van der Waals surface area contributed by atoms with E-state index in [2.05, 4.69) is 49.1 Å². The molecule has 9 nitrogen and oxygen atoms in total. The summed E-state index contributed by atoms with van der Waals surface area (Å²) >= 11 is 0. The Morgan fingerprint density at radius 1 is 0.884 bits per heavy atom. The van der Waals surface area contributed by atoms with E-state index >= 15 is 0 Å². The summed E-state index contributed by atoms with van der Waals surface area (Å²) in [6, 6.07) is 2.65. The Bertz CT molecular complexity index is 762. The third kappa shape index (κ3) is 21.5. The van der Waals surface area contributed by atoms with Crippen molar-refractivity contribution in [3.63, 3.8) is 0 Å². The molecule has 2 amide bonds. The van der Waals surface area contributed by atoms with Crippen molar-refractivity contribution in [2.24, 2.45) is 0 Å². The van der Waals surface area contributed by atoms with E-state index in [1.807, 2.05) is 43.2 Å². The molecule has 0 saturated carbocycles. The molecule has 0 aromatic carbocycles. The lowest BCUT2D eigenvalue weighted by atomic mass is 10.1. The van der Waals surface area contributed by atoms with Gasteiger partial charge in [0.15, 0.2) is 0 Å². The van der Waals surface area contributed by atoms with Gasteiger partial charge in [-0.3, -0.25) is 9.59 Å². The third-order valence-electron chi connectivity index (χ3n) is 6.54. The van der Waals surface area contributed by atoms with Crippen LogP contribution in [0.15, 0.2) is 0 Å². The highest BCUT2D eigenvalue weighted by Gasteiger charge is 2.27. The molecule has 2 rings (SSSR count). The molecule has 2 fully saturated rings. The zero-order valence-corrected chi connectivity index (χ0v) is 30.8. The minimum absolute atomic E-state index is 0.0294. The summed E-state index contributed by atoms with van der Waals surface area (Å²) in [6.07, 6.45) is 10.8. The van der Waals surface area contributed by atoms with Gasteiger partial charge in [-0.1, -0.05) is 56.0 Å². The number of nitriles is 1. The topological polar surface area (TPSA) is 124 Å². The van der Waals surface area contributed by atoms with Crippen LogP contribution in [0.2, 0.25) is 0 Å². The van der Waals surface area contributed by atoms with Gasteiger partial charge < -0.3 is 24.8 Å². The number of nitrogens with one attached hydrogen (secondary N) is 2. The first kappa shape index (κ1) is 41.1. The van der Waals surface area contributed by atoms with Crippen LogP contribution < -0.4 is 10.6 Å². The van der Waals surface area contributed by atoms with E-state index < -0.39 is 8.53 Å². The van der Waals surface area contributed by atoms with Crippen LogP contribution in [0.25, 0.3) is 0 Å². The number of hydrogen-bond acceptors (Lipinski definition) is 11. The fraction of sp³-hybridized carbons (Fsp3) is 0.897. The molecule has 0 bridgehead atoms. The first-order valence-electron chi connectivity index (χ1n) is 15.7. The molecule has 14 heteroatoms. The maximum atomic E-state index is 12.0. The normalized spacial score (nSPS) is 18.9. The molecule has 3 unspecified atom stereocenters. The van der Waals surface area contributed by atoms with Crippen LogP contribution in [0.5, 0.6) is 0 Å². The van der Waals surface area contributed by atoms with Gasteiger partial charge in [-0.05, 0) is 66.2 Å². The van der Waals surface area contributed by atoms with Crippen LogP contribution >= 0.6 is 51.7 Å². The van der Waals surface area contributed by atoms with Crippen molar-refractivity contribution in [2.75, 3.05) is 44.4 Å². The standard InChI is InChI=1S/C19H36N3O3PS2.C10H19NO2S2/c1-16(2)22(17(3)4)26(24-13-7-11-20)25-14-12-21-19(23)9-6-5-8-18-10-15-27-28-18;12-7-6-11-10(13)4-2-1-3-9-5-8-14-15-9/h16-18H,5-10,12-15H2,1-4H3,(H,21,23);9,12H,1-8H2,(H,11,13).